The molecule has 2 aliphatic rings. The number of likely N-dealkylation sites (tertiary alicyclic amines) is 1. The lowest BCUT2D eigenvalue weighted by Crippen LogP contribution is -2.37. The number of carbonyl (C=O) groups is 2. The Kier molecular flexibility index (Phi) is 5.46. The van der Waals surface area contributed by atoms with Gasteiger partial charge in [0, 0.05) is 18.9 Å². The minimum Gasteiger partial charge on any atom is -0.282 e. The van der Waals surface area contributed by atoms with Crippen LogP contribution < -0.4 is 0 Å². The van der Waals surface area contributed by atoms with E-state index in [1.165, 1.54) is 5.57 Å². The first-order valence-corrected chi connectivity index (χ1v) is 8.84. The first-order valence-electron chi connectivity index (χ1n) is 8.84. The van der Waals surface area contributed by atoms with Gasteiger partial charge in [0.2, 0.25) is 11.8 Å². The van der Waals surface area contributed by atoms with E-state index >= 15 is 0 Å². The third kappa shape index (κ3) is 3.61. The second kappa shape index (κ2) is 6.97. The van der Waals surface area contributed by atoms with E-state index < -0.39 is 0 Å². The van der Waals surface area contributed by atoms with Gasteiger partial charge in [0.25, 0.3) is 0 Å². The van der Waals surface area contributed by atoms with Crippen LogP contribution >= 0.6 is 0 Å². The quantitative estimate of drug-likeness (QED) is 0.568. The molecule has 0 aromatic heterocycles. The normalized spacial score (nSPS) is 29.7. The minimum absolute atomic E-state index is 0.0393. The number of hydrogen-bond donors (Lipinski definition) is 0. The lowest BCUT2D eigenvalue weighted by Gasteiger charge is -2.32. The van der Waals surface area contributed by atoms with E-state index in [0.29, 0.717) is 30.7 Å². The van der Waals surface area contributed by atoms with Gasteiger partial charge in [-0.3, -0.25) is 14.5 Å². The zero-order valence-corrected chi connectivity index (χ0v) is 14.6. The van der Waals surface area contributed by atoms with E-state index in [1.807, 2.05) is 13.8 Å². The van der Waals surface area contributed by atoms with E-state index in [1.54, 1.807) is 4.90 Å². The van der Waals surface area contributed by atoms with E-state index in [0.717, 1.165) is 25.7 Å². The summed E-state index contributed by atoms with van der Waals surface area (Å²) < 4.78 is 0. The van der Waals surface area contributed by atoms with Gasteiger partial charge in [0.1, 0.15) is 0 Å². The highest BCUT2D eigenvalue weighted by molar-refractivity contribution is 6.03. The van der Waals surface area contributed by atoms with Crippen LogP contribution in [0.2, 0.25) is 0 Å². The fourth-order valence-corrected chi connectivity index (χ4v) is 3.87. The molecular weight excluding hydrogens is 274 g/mol. The third-order valence-corrected chi connectivity index (χ3v) is 5.64. The van der Waals surface area contributed by atoms with Gasteiger partial charge in [-0.15, -0.1) is 0 Å². The van der Waals surface area contributed by atoms with Gasteiger partial charge in [0.05, 0.1) is 0 Å². The van der Waals surface area contributed by atoms with Crippen LogP contribution in [0.15, 0.2) is 12.2 Å². The molecule has 2 rings (SSSR count). The van der Waals surface area contributed by atoms with Crippen molar-refractivity contribution in [1.29, 1.82) is 0 Å². The summed E-state index contributed by atoms with van der Waals surface area (Å²) in [5, 5.41) is 0. The van der Waals surface area contributed by atoms with Gasteiger partial charge in [-0.25, -0.2) is 0 Å². The van der Waals surface area contributed by atoms with E-state index in [9.17, 15) is 9.59 Å². The van der Waals surface area contributed by atoms with Crippen LogP contribution in [0, 0.1) is 29.6 Å². The Balaban J connectivity index is 1.87. The molecule has 1 saturated carbocycles. The van der Waals surface area contributed by atoms with Gasteiger partial charge < -0.3 is 0 Å². The fraction of sp³-hybridized carbons (Fsp3) is 0.789. The van der Waals surface area contributed by atoms with Crippen LogP contribution in [0.3, 0.4) is 0 Å². The zero-order chi connectivity index (χ0) is 16.4. The largest absolute Gasteiger partial charge is 0.282 e. The highest BCUT2D eigenvalue weighted by Crippen LogP contribution is 2.36. The van der Waals surface area contributed by atoms with Crippen molar-refractivity contribution in [3.8, 4) is 0 Å². The summed E-state index contributed by atoms with van der Waals surface area (Å²) >= 11 is 0. The number of amides is 2. The maximum absolute atomic E-state index is 12.4. The topological polar surface area (TPSA) is 37.4 Å². The number of imide groups is 1. The second-order valence-electron chi connectivity index (χ2n) is 7.84. The van der Waals surface area contributed by atoms with Gasteiger partial charge in [-0.2, -0.15) is 0 Å². The Morgan fingerprint density at radius 3 is 2.18 bits per heavy atom. The maximum Gasteiger partial charge on any atom is 0.233 e. The molecule has 2 amide bonds. The summed E-state index contributed by atoms with van der Waals surface area (Å²) in [5.74, 6) is 1.93. The molecule has 0 bridgehead atoms. The molecule has 0 N–H and O–H groups in total. The number of rotatable bonds is 5. The number of hydrogen-bond acceptors (Lipinski definition) is 2. The van der Waals surface area contributed by atoms with Crippen LogP contribution in [0.5, 0.6) is 0 Å². The second-order valence-corrected chi connectivity index (χ2v) is 7.84. The summed E-state index contributed by atoms with van der Waals surface area (Å²) in [5.41, 5.74) is 1.37. The van der Waals surface area contributed by atoms with Gasteiger partial charge in [-0.05, 0) is 49.4 Å². The Morgan fingerprint density at radius 2 is 1.73 bits per heavy atom. The molecule has 0 aromatic carbocycles. The third-order valence-electron chi connectivity index (χ3n) is 5.64. The van der Waals surface area contributed by atoms with Gasteiger partial charge in [-0.1, -0.05) is 39.8 Å². The maximum atomic E-state index is 12.4. The standard InChI is InChI=1S/C19H31NO2/c1-12(2)14(5)16-8-6-15(7-9-16)11-20-18(21)10-17(13(3)4)19(20)22/h12-13,15-17H,5-11H2,1-4H3. The van der Waals surface area contributed by atoms with Crippen molar-refractivity contribution in [2.45, 2.75) is 59.8 Å². The van der Waals surface area contributed by atoms with Crippen LogP contribution in [0.25, 0.3) is 0 Å². The SMILES string of the molecule is C=C(C(C)C)C1CCC(CN2C(=O)CC(C(C)C)C2=O)CC1. The van der Waals surface area contributed by atoms with E-state index in [4.69, 9.17) is 0 Å². The van der Waals surface area contributed by atoms with Crippen molar-refractivity contribution in [2.24, 2.45) is 29.6 Å². The van der Waals surface area contributed by atoms with Crippen molar-refractivity contribution in [2.75, 3.05) is 6.54 Å². The highest BCUT2D eigenvalue weighted by Gasteiger charge is 2.41. The molecule has 1 atom stereocenters. The Bertz CT molecular complexity index is 444. The predicted octanol–water partition coefficient (Wildman–Crippen LogP) is 4.04. The fourth-order valence-electron chi connectivity index (χ4n) is 3.87. The summed E-state index contributed by atoms with van der Waals surface area (Å²) in [6.45, 7) is 13.4. The van der Waals surface area contributed by atoms with E-state index in [-0.39, 0.29) is 23.7 Å². The monoisotopic (exact) mass is 305 g/mol. The summed E-state index contributed by atoms with van der Waals surface area (Å²) in [6, 6.07) is 0. The van der Waals surface area contributed by atoms with Crippen LogP contribution in [-0.2, 0) is 9.59 Å². The van der Waals surface area contributed by atoms with Crippen LogP contribution in [0.1, 0.15) is 59.8 Å². The van der Waals surface area contributed by atoms with Gasteiger partial charge >= 0.3 is 0 Å². The molecule has 1 saturated heterocycles. The first kappa shape index (κ1) is 17.2. The number of carbonyl (C=O) groups excluding carboxylic acids is 2. The molecular formula is C19H31NO2. The predicted molar refractivity (Wildman–Crippen MR) is 89.1 cm³/mol. The van der Waals surface area contributed by atoms with Crippen molar-refractivity contribution >= 4 is 11.8 Å². The molecule has 0 spiro atoms. The Hall–Kier alpha value is -1.12. The lowest BCUT2D eigenvalue weighted by molar-refractivity contribution is -0.140. The highest BCUT2D eigenvalue weighted by atomic mass is 16.2. The molecule has 2 fully saturated rings. The van der Waals surface area contributed by atoms with Crippen LogP contribution in [-0.4, -0.2) is 23.3 Å². The molecule has 3 nitrogen and oxygen atoms in total. The number of nitrogens with zero attached hydrogens (tertiary/aromatic N) is 1. The average molecular weight is 305 g/mol. The lowest BCUT2D eigenvalue weighted by atomic mass is 9.76. The molecule has 1 aliphatic heterocycles. The molecule has 0 radical (unpaired) electrons. The molecule has 1 heterocycles. The smallest absolute Gasteiger partial charge is 0.233 e. The van der Waals surface area contributed by atoms with Crippen molar-refractivity contribution in [3.63, 3.8) is 0 Å². The van der Waals surface area contributed by atoms with Gasteiger partial charge in [0.15, 0.2) is 0 Å². The summed E-state index contributed by atoms with van der Waals surface area (Å²) in [4.78, 5) is 26.1. The molecule has 124 valence electrons. The first-order chi connectivity index (χ1) is 10.3. The Morgan fingerprint density at radius 1 is 1.14 bits per heavy atom. The summed E-state index contributed by atoms with van der Waals surface area (Å²) in [6.07, 6.45) is 4.95. The van der Waals surface area contributed by atoms with Crippen molar-refractivity contribution in [3.05, 3.63) is 12.2 Å². The molecule has 1 unspecified atom stereocenters. The number of allylic oxidation sites excluding steroid dienone is 1. The van der Waals surface area contributed by atoms with Crippen molar-refractivity contribution in [1.82, 2.24) is 4.90 Å². The summed E-state index contributed by atoms with van der Waals surface area (Å²) in [7, 11) is 0. The zero-order valence-electron chi connectivity index (χ0n) is 14.6. The minimum atomic E-state index is -0.0930. The van der Waals surface area contributed by atoms with Crippen LogP contribution in [0.4, 0.5) is 0 Å². The molecule has 22 heavy (non-hydrogen) atoms. The molecule has 1 aliphatic carbocycles. The average Bonchev–Trinajstić information content (AvgIpc) is 2.75. The van der Waals surface area contributed by atoms with Crippen molar-refractivity contribution < 1.29 is 9.59 Å². The molecule has 3 heteroatoms. The Labute approximate surface area is 135 Å². The molecule has 0 aromatic rings. The van der Waals surface area contributed by atoms with E-state index in [2.05, 4.69) is 20.4 Å².